The molecular formula is C18H10BrClN6O. The van der Waals surface area contributed by atoms with Crippen LogP contribution < -0.4 is 5.56 Å². The zero-order chi connectivity index (χ0) is 19.1. The number of aryl methyl sites for hydroxylation is 1. The molecule has 9 heteroatoms. The molecule has 0 atom stereocenters. The summed E-state index contributed by atoms with van der Waals surface area (Å²) >= 11 is 9.60. The average Bonchev–Trinajstić information content (AvgIpc) is 3.04. The highest BCUT2D eigenvalue weighted by atomic mass is 79.9. The number of H-pyrrole nitrogens is 1. The molecule has 0 aliphatic rings. The van der Waals surface area contributed by atoms with Crippen molar-refractivity contribution in [3.05, 3.63) is 67.6 Å². The van der Waals surface area contributed by atoms with Crippen molar-refractivity contribution >= 4 is 38.4 Å². The zero-order valence-electron chi connectivity index (χ0n) is 13.9. The molecule has 132 valence electrons. The van der Waals surface area contributed by atoms with Crippen LogP contribution in [0.25, 0.3) is 28.2 Å². The number of hydrogen-bond acceptors (Lipinski definition) is 5. The van der Waals surface area contributed by atoms with Crippen molar-refractivity contribution in [3.63, 3.8) is 0 Å². The first kappa shape index (κ1) is 17.4. The van der Waals surface area contributed by atoms with Gasteiger partial charge in [0.25, 0.3) is 5.56 Å². The lowest BCUT2D eigenvalue weighted by atomic mass is 10.1. The third kappa shape index (κ3) is 3.01. The maximum atomic E-state index is 12.6. The van der Waals surface area contributed by atoms with E-state index >= 15 is 0 Å². The summed E-state index contributed by atoms with van der Waals surface area (Å²) in [6, 6.07) is 10.4. The Hall–Kier alpha value is -3.02. The molecule has 1 N–H and O–H groups in total. The summed E-state index contributed by atoms with van der Waals surface area (Å²) in [7, 11) is 0. The Balaban J connectivity index is 2.00. The second-order valence-corrected chi connectivity index (χ2v) is 7.01. The van der Waals surface area contributed by atoms with Gasteiger partial charge in [0, 0.05) is 12.3 Å². The molecule has 0 saturated heterocycles. The van der Waals surface area contributed by atoms with Crippen LogP contribution in [0.4, 0.5) is 0 Å². The molecule has 1 aromatic carbocycles. The molecule has 0 aliphatic heterocycles. The van der Waals surface area contributed by atoms with Gasteiger partial charge in [0.15, 0.2) is 11.6 Å². The standard InChI is InChI=1S/C18H10BrClN6O/c1-9-5-10(8-21)6-11-15(9)23-16(24-18(11)27)13-7-14(19)25-26(13)17-12(20)3-2-4-22-17/h2-7H,1H3,(H,23,24,27). The number of nitrogens with zero attached hydrogens (tertiary/aromatic N) is 5. The number of halogens is 2. The van der Waals surface area contributed by atoms with E-state index in [1.807, 2.05) is 13.0 Å². The van der Waals surface area contributed by atoms with E-state index in [0.717, 1.165) is 5.56 Å². The summed E-state index contributed by atoms with van der Waals surface area (Å²) in [6.45, 7) is 1.81. The van der Waals surface area contributed by atoms with E-state index in [4.69, 9.17) is 16.9 Å². The SMILES string of the molecule is Cc1cc(C#N)cc2c(=O)[nH]c(-c3cc(Br)nn3-c3ncccc3Cl)nc12. The lowest BCUT2D eigenvalue weighted by Crippen LogP contribution is -2.13. The molecule has 0 spiro atoms. The Kier molecular flexibility index (Phi) is 4.26. The van der Waals surface area contributed by atoms with E-state index < -0.39 is 0 Å². The van der Waals surface area contributed by atoms with Crippen LogP contribution in [0.3, 0.4) is 0 Å². The summed E-state index contributed by atoms with van der Waals surface area (Å²) in [6.07, 6.45) is 1.60. The van der Waals surface area contributed by atoms with Crippen molar-refractivity contribution in [3.8, 4) is 23.4 Å². The molecule has 0 aliphatic carbocycles. The predicted octanol–water partition coefficient (Wildman–Crippen LogP) is 3.77. The third-order valence-electron chi connectivity index (χ3n) is 3.99. The molecule has 4 aromatic rings. The van der Waals surface area contributed by atoms with E-state index in [0.29, 0.717) is 43.4 Å². The van der Waals surface area contributed by atoms with Crippen molar-refractivity contribution < 1.29 is 0 Å². The number of benzene rings is 1. The Labute approximate surface area is 166 Å². The highest BCUT2D eigenvalue weighted by Gasteiger charge is 2.17. The first-order chi connectivity index (χ1) is 13.0. The van der Waals surface area contributed by atoms with Gasteiger partial charge < -0.3 is 4.98 Å². The first-order valence-corrected chi connectivity index (χ1v) is 8.96. The second-order valence-electron chi connectivity index (χ2n) is 5.79. The van der Waals surface area contributed by atoms with Gasteiger partial charge >= 0.3 is 0 Å². The number of aromatic amines is 1. The van der Waals surface area contributed by atoms with Gasteiger partial charge in [0.2, 0.25) is 0 Å². The van der Waals surface area contributed by atoms with Crippen LogP contribution in [0, 0.1) is 18.3 Å². The average molecular weight is 442 g/mol. The van der Waals surface area contributed by atoms with E-state index in [1.165, 1.54) is 10.7 Å². The largest absolute Gasteiger partial charge is 0.305 e. The fraction of sp³-hybridized carbons (Fsp3) is 0.0556. The van der Waals surface area contributed by atoms with Crippen LogP contribution in [0.2, 0.25) is 5.02 Å². The predicted molar refractivity (Wildman–Crippen MR) is 105 cm³/mol. The Morgan fingerprint density at radius 3 is 2.89 bits per heavy atom. The summed E-state index contributed by atoms with van der Waals surface area (Å²) in [5, 5.41) is 14.2. The van der Waals surface area contributed by atoms with Crippen molar-refractivity contribution in [2.45, 2.75) is 6.92 Å². The molecular weight excluding hydrogens is 432 g/mol. The zero-order valence-corrected chi connectivity index (χ0v) is 16.2. The molecule has 0 unspecified atom stereocenters. The van der Waals surface area contributed by atoms with Gasteiger partial charge in [-0.25, -0.2) is 14.6 Å². The summed E-state index contributed by atoms with van der Waals surface area (Å²) in [5.41, 5.74) is 1.84. The second kappa shape index (κ2) is 6.61. The fourth-order valence-electron chi connectivity index (χ4n) is 2.82. The molecule has 27 heavy (non-hydrogen) atoms. The molecule has 3 heterocycles. The van der Waals surface area contributed by atoms with Gasteiger partial charge in [0.1, 0.15) is 10.3 Å². The van der Waals surface area contributed by atoms with E-state index in [2.05, 4.69) is 36.0 Å². The minimum Gasteiger partial charge on any atom is -0.305 e. The number of aromatic nitrogens is 5. The quantitative estimate of drug-likeness (QED) is 0.510. The summed E-state index contributed by atoms with van der Waals surface area (Å²) in [5.74, 6) is 0.736. The fourth-order valence-corrected chi connectivity index (χ4v) is 3.39. The Morgan fingerprint density at radius 1 is 1.33 bits per heavy atom. The molecule has 0 fully saturated rings. The van der Waals surface area contributed by atoms with Crippen LogP contribution >= 0.6 is 27.5 Å². The maximum Gasteiger partial charge on any atom is 0.259 e. The van der Waals surface area contributed by atoms with Crippen LogP contribution in [0.5, 0.6) is 0 Å². The van der Waals surface area contributed by atoms with Gasteiger partial charge in [-0.05, 0) is 52.7 Å². The number of nitriles is 1. The minimum atomic E-state index is -0.341. The molecule has 4 rings (SSSR count). The van der Waals surface area contributed by atoms with Gasteiger partial charge in [-0.2, -0.15) is 10.4 Å². The molecule has 0 radical (unpaired) electrons. The molecule has 0 bridgehead atoms. The van der Waals surface area contributed by atoms with Gasteiger partial charge in [-0.1, -0.05) is 11.6 Å². The molecule has 3 aromatic heterocycles. The highest BCUT2D eigenvalue weighted by Crippen LogP contribution is 2.27. The van der Waals surface area contributed by atoms with E-state index in [9.17, 15) is 4.79 Å². The summed E-state index contributed by atoms with van der Waals surface area (Å²) < 4.78 is 2.05. The van der Waals surface area contributed by atoms with Crippen LogP contribution in [0.1, 0.15) is 11.1 Å². The number of hydrogen-bond donors (Lipinski definition) is 1. The van der Waals surface area contributed by atoms with E-state index in [-0.39, 0.29) is 5.56 Å². The third-order valence-corrected chi connectivity index (χ3v) is 4.67. The molecule has 7 nitrogen and oxygen atoms in total. The van der Waals surface area contributed by atoms with Gasteiger partial charge in [-0.3, -0.25) is 4.79 Å². The van der Waals surface area contributed by atoms with Crippen molar-refractivity contribution in [1.82, 2.24) is 24.7 Å². The maximum absolute atomic E-state index is 12.6. The Morgan fingerprint density at radius 2 is 2.15 bits per heavy atom. The van der Waals surface area contributed by atoms with Crippen LogP contribution in [0.15, 0.2) is 45.9 Å². The molecule has 0 saturated carbocycles. The van der Waals surface area contributed by atoms with Crippen molar-refractivity contribution in [1.29, 1.82) is 5.26 Å². The number of fused-ring (bicyclic) bond motifs is 1. The van der Waals surface area contributed by atoms with Crippen LogP contribution in [-0.2, 0) is 0 Å². The minimum absolute atomic E-state index is 0.320. The number of pyridine rings is 1. The first-order valence-electron chi connectivity index (χ1n) is 7.79. The normalized spacial score (nSPS) is 10.9. The van der Waals surface area contributed by atoms with E-state index in [1.54, 1.807) is 30.5 Å². The highest BCUT2D eigenvalue weighted by molar-refractivity contribution is 9.10. The smallest absolute Gasteiger partial charge is 0.259 e. The van der Waals surface area contributed by atoms with Crippen molar-refractivity contribution in [2.24, 2.45) is 0 Å². The Bertz CT molecular complexity index is 1300. The van der Waals surface area contributed by atoms with Gasteiger partial charge in [-0.15, -0.1) is 0 Å². The van der Waals surface area contributed by atoms with Gasteiger partial charge in [0.05, 0.1) is 27.6 Å². The topological polar surface area (TPSA) is 100 Å². The molecule has 0 amide bonds. The van der Waals surface area contributed by atoms with Crippen LogP contribution in [-0.4, -0.2) is 24.7 Å². The lowest BCUT2D eigenvalue weighted by Gasteiger charge is -2.09. The number of rotatable bonds is 2. The van der Waals surface area contributed by atoms with Crippen molar-refractivity contribution in [2.75, 3.05) is 0 Å². The lowest BCUT2D eigenvalue weighted by molar-refractivity contribution is 0.838. The number of nitrogens with one attached hydrogen (secondary N) is 1. The summed E-state index contributed by atoms with van der Waals surface area (Å²) in [4.78, 5) is 24.2. The monoisotopic (exact) mass is 440 g/mol.